The maximum absolute atomic E-state index is 12.6. The smallest absolute Gasteiger partial charge is 0.355 e. The van der Waals surface area contributed by atoms with Gasteiger partial charge in [0, 0.05) is 11.8 Å². The molecule has 4 nitrogen and oxygen atoms in total. The summed E-state index contributed by atoms with van der Waals surface area (Å²) in [5.41, 5.74) is 0.764. The molecule has 1 aromatic heterocycles. The lowest BCUT2D eigenvalue weighted by molar-refractivity contribution is 0.0510. The molecule has 0 radical (unpaired) electrons. The predicted molar refractivity (Wildman–Crippen MR) is 84.1 cm³/mol. The molecule has 0 N–H and O–H groups in total. The number of rotatable bonds is 3. The van der Waals surface area contributed by atoms with Gasteiger partial charge >= 0.3 is 5.97 Å². The number of carbonyl (C=O) groups excluding carboxylic acids is 2. The van der Waals surface area contributed by atoms with Gasteiger partial charge in [0.15, 0.2) is 0 Å². The lowest BCUT2D eigenvalue weighted by atomic mass is 10.1. The van der Waals surface area contributed by atoms with Gasteiger partial charge in [0.05, 0.1) is 6.61 Å². The molecule has 1 heterocycles. The van der Waals surface area contributed by atoms with Crippen molar-refractivity contribution in [2.45, 2.75) is 6.92 Å². The highest BCUT2D eigenvalue weighted by Gasteiger charge is 2.17. The Morgan fingerprint density at radius 2 is 1.77 bits per heavy atom. The van der Waals surface area contributed by atoms with E-state index in [0.29, 0.717) is 5.56 Å². The maximum Gasteiger partial charge on any atom is 0.355 e. The van der Waals surface area contributed by atoms with E-state index in [-0.39, 0.29) is 18.2 Å². The van der Waals surface area contributed by atoms with E-state index in [1.165, 1.54) is 4.57 Å². The van der Waals surface area contributed by atoms with Crippen molar-refractivity contribution < 1.29 is 14.3 Å². The number of esters is 1. The van der Waals surface area contributed by atoms with Crippen LogP contribution in [0, 0.1) is 0 Å². The molecule has 4 heteroatoms. The summed E-state index contributed by atoms with van der Waals surface area (Å²) in [6.07, 6.45) is 1.57. The van der Waals surface area contributed by atoms with Gasteiger partial charge in [-0.3, -0.25) is 9.36 Å². The summed E-state index contributed by atoms with van der Waals surface area (Å²) in [7, 11) is 0. The van der Waals surface area contributed by atoms with E-state index >= 15 is 0 Å². The predicted octanol–water partition coefficient (Wildman–Crippen LogP) is 3.51. The van der Waals surface area contributed by atoms with Gasteiger partial charge < -0.3 is 4.74 Å². The highest BCUT2D eigenvalue weighted by molar-refractivity contribution is 6.03. The molecule has 0 aliphatic heterocycles. The quantitative estimate of drug-likeness (QED) is 0.694. The van der Waals surface area contributed by atoms with Crippen molar-refractivity contribution in [2.24, 2.45) is 0 Å². The van der Waals surface area contributed by atoms with Crippen LogP contribution in [0.2, 0.25) is 0 Å². The SMILES string of the molecule is CCOC(=O)c1cccn1C(=O)c1ccc2ccccc2c1. The fourth-order valence-electron chi connectivity index (χ4n) is 2.39. The van der Waals surface area contributed by atoms with Gasteiger partial charge in [-0.25, -0.2) is 4.79 Å². The second-order valence-corrected chi connectivity index (χ2v) is 4.85. The van der Waals surface area contributed by atoms with E-state index in [9.17, 15) is 9.59 Å². The number of benzene rings is 2. The average Bonchev–Trinajstić information content (AvgIpc) is 3.03. The molecule has 110 valence electrons. The van der Waals surface area contributed by atoms with Crippen molar-refractivity contribution in [1.82, 2.24) is 4.57 Å². The van der Waals surface area contributed by atoms with Crippen molar-refractivity contribution in [3.8, 4) is 0 Å². The summed E-state index contributed by atoms with van der Waals surface area (Å²) < 4.78 is 6.29. The van der Waals surface area contributed by atoms with Gasteiger partial charge in [0.25, 0.3) is 5.91 Å². The minimum absolute atomic E-state index is 0.236. The summed E-state index contributed by atoms with van der Waals surface area (Å²) in [4.78, 5) is 24.5. The molecule has 3 aromatic rings. The van der Waals surface area contributed by atoms with E-state index < -0.39 is 5.97 Å². The lowest BCUT2D eigenvalue weighted by Crippen LogP contribution is -2.18. The number of ether oxygens (including phenoxy) is 1. The second-order valence-electron chi connectivity index (χ2n) is 4.85. The van der Waals surface area contributed by atoms with Crippen molar-refractivity contribution >= 4 is 22.6 Å². The molecule has 0 spiro atoms. The van der Waals surface area contributed by atoms with E-state index in [2.05, 4.69) is 0 Å². The third kappa shape index (κ3) is 2.51. The molecule has 0 unspecified atom stereocenters. The van der Waals surface area contributed by atoms with Crippen LogP contribution in [0.4, 0.5) is 0 Å². The average molecular weight is 293 g/mol. The first-order chi connectivity index (χ1) is 10.7. The Hall–Kier alpha value is -2.88. The summed E-state index contributed by atoms with van der Waals surface area (Å²) in [5, 5.41) is 2.05. The number of hydrogen-bond donors (Lipinski definition) is 0. The van der Waals surface area contributed by atoms with Crippen molar-refractivity contribution in [2.75, 3.05) is 6.61 Å². The number of aromatic nitrogens is 1. The van der Waals surface area contributed by atoms with Crippen LogP contribution in [0.15, 0.2) is 60.8 Å². The first kappa shape index (κ1) is 14.1. The molecule has 0 fully saturated rings. The van der Waals surface area contributed by atoms with E-state index in [0.717, 1.165) is 10.8 Å². The molecule has 0 saturated carbocycles. The van der Waals surface area contributed by atoms with Crippen LogP contribution in [0.1, 0.15) is 27.8 Å². The first-order valence-electron chi connectivity index (χ1n) is 7.08. The minimum Gasteiger partial charge on any atom is -0.461 e. The van der Waals surface area contributed by atoms with Crippen molar-refractivity contribution in [1.29, 1.82) is 0 Å². The molecule has 22 heavy (non-hydrogen) atoms. The van der Waals surface area contributed by atoms with Crippen LogP contribution in [0.25, 0.3) is 10.8 Å². The van der Waals surface area contributed by atoms with E-state index in [4.69, 9.17) is 4.74 Å². The number of carbonyl (C=O) groups is 2. The van der Waals surface area contributed by atoms with Gasteiger partial charge in [-0.05, 0) is 42.0 Å². The minimum atomic E-state index is -0.498. The summed E-state index contributed by atoms with van der Waals surface area (Å²) >= 11 is 0. The monoisotopic (exact) mass is 293 g/mol. The molecule has 2 aromatic carbocycles. The lowest BCUT2D eigenvalue weighted by Gasteiger charge is -2.08. The number of hydrogen-bond acceptors (Lipinski definition) is 3. The highest BCUT2D eigenvalue weighted by Crippen LogP contribution is 2.17. The fourth-order valence-corrected chi connectivity index (χ4v) is 2.39. The van der Waals surface area contributed by atoms with Gasteiger partial charge in [0.2, 0.25) is 0 Å². The Balaban J connectivity index is 1.99. The fraction of sp³-hybridized carbons (Fsp3) is 0.111. The zero-order valence-corrected chi connectivity index (χ0v) is 12.2. The topological polar surface area (TPSA) is 48.3 Å². The number of nitrogens with zero attached hydrogens (tertiary/aromatic N) is 1. The van der Waals surface area contributed by atoms with Crippen LogP contribution in [0.5, 0.6) is 0 Å². The van der Waals surface area contributed by atoms with Crippen LogP contribution >= 0.6 is 0 Å². The second kappa shape index (κ2) is 5.85. The Bertz CT molecular complexity index is 848. The van der Waals surface area contributed by atoms with Crippen LogP contribution in [-0.2, 0) is 4.74 Å². The molecule has 0 bridgehead atoms. The molecule has 0 amide bonds. The highest BCUT2D eigenvalue weighted by atomic mass is 16.5. The van der Waals surface area contributed by atoms with Crippen LogP contribution in [0.3, 0.4) is 0 Å². The van der Waals surface area contributed by atoms with Gasteiger partial charge in [0.1, 0.15) is 5.69 Å². The normalized spacial score (nSPS) is 10.6. The Labute approximate surface area is 127 Å². The summed E-state index contributed by atoms with van der Waals surface area (Å²) in [5.74, 6) is -0.750. The Morgan fingerprint density at radius 3 is 2.55 bits per heavy atom. The zero-order chi connectivity index (χ0) is 15.5. The zero-order valence-electron chi connectivity index (χ0n) is 12.2. The van der Waals surface area contributed by atoms with Crippen molar-refractivity contribution in [3.63, 3.8) is 0 Å². The third-order valence-electron chi connectivity index (χ3n) is 3.45. The molecule has 0 aliphatic carbocycles. The molecule has 0 atom stereocenters. The molecule has 0 aliphatic rings. The van der Waals surface area contributed by atoms with Crippen LogP contribution in [-0.4, -0.2) is 23.1 Å². The molecule has 0 saturated heterocycles. The molecule has 3 rings (SSSR count). The summed E-state index contributed by atoms with van der Waals surface area (Å²) in [6.45, 7) is 2.00. The molecular formula is C18H15NO3. The van der Waals surface area contributed by atoms with Gasteiger partial charge in [-0.1, -0.05) is 30.3 Å². The van der Waals surface area contributed by atoms with Crippen molar-refractivity contribution in [3.05, 3.63) is 72.1 Å². The molecular weight excluding hydrogens is 278 g/mol. The van der Waals surface area contributed by atoms with Gasteiger partial charge in [-0.15, -0.1) is 0 Å². The largest absolute Gasteiger partial charge is 0.461 e. The number of fused-ring (bicyclic) bond motifs is 1. The maximum atomic E-state index is 12.6. The standard InChI is InChI=1S/C18H15NO3/c1-2-22-18(21)16-8-5-11-19(16)17(20)15-10-9-13-6-3-4-7-14(13)12-15/h3-12H,2H2,1H3. The van der Waals surface area contributed by atoms with E-state index in [1.807, 2.05) is 36.4 Å². The third-order valence-corrected chi connectivity index (χ3v) is 3.45. The Morgan fingerprint density at radius 1 is 1.00 bits per heavy atom. The first-order valence-corrected chi connectivity index (χ1v) is 7.08. The Kier molecular flexibility index (Phi) is 3.74. The van der Waals surface area contributed by atoms with Crippen LogP contribution < -0.4 is 0 Å². The summed E-state index contributed by atoms with van der Waals surface area (Å²) in [6, 6.07) is 16.5. The van der Waals surface area contributed by atoms with E-state index in [1.54, 1.807) is 31.3 Å². The van der Waals surface area contributed by atoms with Gasteiger partial charge in [-0.2, -0.15) is 0 Å².